The van der Waals surface area contributed by atoms with Crippen LogP contribution in [-0.4, -0.2) is 75.1 Å². The number of ether oxygens (including phenoxy) is 1. The number of hydrogen-bond donors (Lipinski definition) is 0. The molecule has 0 aliphatic carbocycles. The molecule has 0 radical (unpaired) electrons. The second kappa shape index (κ2) is 9.61. The molecule has 3 aromatic rings. The van der Waals surface area contributed by atoms with Gasteiger partial charge in [-0.05, 0) is 69.1 Å². The van der Waals surface area contributed by atoms with Crippen molar-refractivity contribution in [3.63, 3.8) is 0 Å². The van der Waals surface area contributed by atoms with Crippen molar-refractivity contribution in [1.82, 2.24) is 29.4 Å². The van der Waals surface area contributed by atoms with Crippen LogP contribution in [0, 0.1) is 11.7 Å². The number of amides is 1. The third-order valence-electron chi connectivity index (χ3n) is 7.88. The summed E-state index contributed by atoms with van der Waals surface area (Å²) >= 11 is 0. The van der Waals surface area contributed by atoms with Crippen LogP contribution >= 0.6 is 0 Å². The largest absolute Gasteiger partial charge is 0.493 e. The molecule has 3 aliphatic heterocycles. The van der Waals surface area contributed by atoms with Crippen LogP contribution in [0.2, 0.25) is 0 Å². The Morgan fingerprint density at radius 3 is 2.83 bits per heavy atom. The summed E-state index contributed by atoms with van der Waals surface area (Å²) in [5.41, 5.74) is 4.52. The summed E-state index contributed by atoms with van der Waals surface area (Å²) in [7, 11) is 2.11. The van der Waals surface area contributed by atoms with E-state index < -0.39 is 0 Å². The lowest BCUT2D eigenvalue weighted by Gasteiger charge is -2.34. The Bertz CT molecular complexity index is 1330. The fourth-order valence-electron chi connectivity index (χ4n) is 5.73. The van der Waals surface area contributed by atoms with E-state index in [0.29, 0.717) is 38.1 Å². The molecule has 2 aromatic heterocycles. The molecule has 9 heteroatoms. The van der Waals surface area contributed by atoms with Crippen LogP contribution in [0.4, 0.5) is 4.39 Å². The van der Waals surface area contributed by atoms with Gasteiger partial charge in [-0.1, -0.05) is 6.08 Å². The van der Waals surface area contributed by atoms with Gasteiger partial charge in [0.05, 0.1) is 6.61 Å². The van der Waals surface area contributed by atoms with E-state index in [1.165, 1.54) is 6.07 Å². The topological polar surface area (TPSA) is 75.9 Å². The Balaban J connectivity index is 1.18. The fourth-order valence-corrected chi connectivity index (χ4v) is 5.73. The first-order valence-corrected chi connectivity index (χ1v) is 12.9. The zero-order valence-electron chi connectivity index (χ0n) is 20.6. The van der Waals surface area contributed by atoms with Crippen molar-refractivity contribution >= 4 is 17.1 Å². The first kappa shape index (κ1) is 23.1. The summed E-state index contributed by atoms with van der Waals surface area (Å²) in [5.74, 6) is 1.82. The average Bonchev–Trinajstić information content (AvgIpc) is 3.59. The van der Waals surface area contributed by atoms with Crippen molar-refractivity contribution in [2.24, 2.45) is 5.92 Å². The van der Waals surface area contributed by atoms with Crippen molar-refractivity contribution in [2.45, 2.75) is 38.5 Å². The molecule has 6 rings (SSSR count). The second-order valence-corrected chi connectivity index (χ2v) is 10.1. The minimum absolute atomic E-state index is 0.141. The van der Waals surface area contributed by atoms with Crippen molar-refractivity contribution in [2.75, 3.05) is 39.8 Å². The Morgan fingerprint density at radius 2 is 2.03 bits per heavy atom. The third kappa shape index (κ3) is 4.25. The molecule has 1 amide bonds. The summed E-state index contributed by atoms with van der Waals surface area (Å²) in [6, 6.07) is 3.20. The predicted octanol–water partition coefficient (Wildman–Crippen LogP) is 2.94. The number of hydrogen-bond acceptors (Lipinski definition) is 6. The lowest BCUT2D eigenvalue weighted by atomic mass is 9.94. The van der Waals surface area contributed by atoms with E-state index in [4.69, 9.17) is 9.72 Å². The van der Waals surface area contributed by atoms with Crippen molar-refractivity contribution in [3.8, 4) is 5.75 Å². The molecule has 3 aliphatic rings. The van der Waals surface area contributed by atoms with Crippen LogP contribution in [0.15, 0.2) is 30.7 Å². The number of likely N-dealkylation sites (tertiary alicyclic amines) is 1. The van der Waals surface area contributed by atoms with E-state index in [0.717, 1.165) is 72.7 Å². The van der Waals surface area contributed by atoms with Gasteiger partial charge in [-0.25, -0.2) is 9.37 Å². The molecule has 5 heterocycles. The number of piperidine rings is 1. The zero-order valence-corrected chi connectivity index (χ0v) is 20.6. The third-order valence-corrected chi connectivity index (χ3v) is 7.88. The van der Waals surface area contributed by atoms with E-state index in [-0.39, 0.29) is 17.6 Å². The van der Waals surface area contributed by atoms with E-state index in [9.17, 15) is 9.18 Å². The van der Waals surface area contributed by atoms with Gasteiger partial charge in [0, 0.05) is 49.2 Å². The van der Waals surface area contributed by atoms with E-state index in [2.05, 4.69) is 28.2 Å². The normalized spacial score (nSPS) is 18.8. The fraction of sp³-hybridized carbons (Fsp3) is 0.481. The molecule has 0 spiro atoms. The highest BCUT2D eigenvalue weighted by Crippen LogP contribution is 2.31. The smallest absolute Gasteiger partial charge is 0.226 e. The number of carbonyl (C=O) groups is 1. The molecule has 1 fully saturated rings. The van der Waals surface area contributed by atoms with Gasteiger partial charge in [-0.15, -0.1) is 10.2 Å². The van der Waals surface area contributed by atoms with Gasteiger partial charge >= 0.3 is 0 Å². The number of carbonyl (C=O) groups excluding carboxylic acids is 1. The lowest BCUT2D eigenvalue weighted by molar-refractivity contribution is -0.136. The van der Waals surface area contributed by atoms with Crippen molar-refractivity contribution in [3.05, 3.63) is 59.1 Å². The Kier molecular flexibility index (Phi) is 6.17. The van der Waals surface area contributed by atoms with Gasteiger partial charge in [-0.3, -0.25) is 9.20 Å². The van der Waals surface area contributed by atoms with E-state index in [1.807, 2.05) is 15.5 Å². The molecule has 8 nitrogen and oxygen atoms in total. The zero-order chi connectivity index (χ0) is 24.6. The number of benzene rings is 1. The summed E-state index contributed by atoms with van der Waals surface area (Å²) in [4.78, 5) is 22.0. The molecule has 0 unspecified atom stereocenters. The molecule has 188 valence electrons. The number of aryl methyl sites for hydroxylation is 1. The lowest BCUT2D eigenvalue weighted by Crippen LogP contribution is -2.43. The standard InChI is InChI=1S/C27H31FN6O2/c1-32-11-6-19(7-12-32)27(35)33-13-8-18(9-14-33)22-16-29-25(34-17-30-31-26(22)34)5-2-20-21-10-15-36-24(21)4-3-23(20)28/h3-4,8,16-17,19H,2,5-7,9-15H2,1H3. The average molecular weight is 491 g/mol. The molecular formula is C27H31FN6O2. The Labute approximate surface area is 209 Å². The van der Waals surface area contributed by atoms with Gasteiger partial charge in [-0.2, -0.15) is 0 Å². The number of halogens is 1. The van der Waals surface area contributed by atoms with Crippen molar-refractivity contribution < 1.29 is 13.9 Å². The second-order valence-electron chi connectivity index (χ2n) is 10.1. The first-order valence-electron chi connectivity index (χ1n) is 12.9. The van der Waals surface area contributed by atoms with E-state index in [1.54, 1.807) is 12.4 Å². The van der Waals surface area contributed by atoms with Gasteiger partial charge in [0.1, 0.15) is 23.7 Å². The van der Waals surface area contributed by atoms with Crippen LogP contribution in [0.5, 0.6) is 5.75 Å². The van der Waals surface area contributed by atoms with Crippen LogP contribution in [0.3, 0.4) is 0 Å². The summed E-state index contributed by atoms with van der Waals surface area (Å²) in [5, 5.41) is 8.51. The maximum Gasteiger partial charge on any atom is 0.226 e. The number of nitrogens with zero attached hydrogens (tertiary/aromatic N) is 6. The number of fused-ring (bicyclic) bond motifs is 2. The Hall–Kier alpha value is -3.33. The SMILES string of the molecule is CN1CCC(C(=O)N2CC=C(c3cnc(CCc4c(F)ccc5c4CCO5)n4cnnc34)CC2)CC1. The molecule has 0 saturated carbocycles. The first-order chi connectivity index (χ1) is 17.6. The molecule has 0 N–H and O–H groups in total. The van der Waals surface area contributed by atoms with Crippen LogP contribution in [0.1, 0.15) is 41.8 Å². The van der Waals surface area contributed by atoms with Crippen LogP contribution in [0.25, 0.3) is 11.2 Å². The molecular weight excluding hydrogens is 459 g/mol. The van der Waals surface area contributed by atoms with Gasteiger partial charge < -0.3 is 14.5 Å². The minimum atomic E-state index is -0.192. The maximum atomic E-state index is 14.6. The molecule has 0 atom stereocenters. The van der Waals surface area contributed by atoms with E-state index >= 15 is 0 Å². The highest BCUT2D eigenvalue weighted by molar-refractivity contribution is 5.82. The number of aromatic nitrogens is 4. The molecule has 1 saturated heterocycles. The monoisotopic (exact) mass is 490 g/mol. The van der Waals surface area contributed by atoms with Gasteiger partial charge in [0.15, 0.2) is 5.65 Å². The van der Waals surface area contributed by atoms with Crippen molar-refractivity contribution in [1.29, 1.82) is 0 Å². The van der Waals surface area contributed by atoms with Gasteiger partial charge in [0.25, 0.3) is 0 Å². The quantitative estimate of drug-likeness (QED) is 0.548. The predicted molar refractivity (Wildman–Crippen MR) is 133 cm³/mol. The maximum absolute atomic E-state index is 14.6. The van der Waals surface area contributed by atoms with Gasteiger partial charge in [0.2, 0.25) is 5.91 Å². The summed E-state index contributed by atoms with van der Waals surface area (Å²) in [6.45, 7) is 3.90. The van der Waals surface area contributed by atoms with Crippen LogP contribution in [-0.2, 0) is 24.1 Å². The molecule has 0 bridgehead atoms. The highest BCUT2D eigenvalue weighted by atomic mass is 19.1. The molecule has 1 aromatic carbocycles. The molecule has 36 heavy (non-hydrogen) atoms. The van der Waals surface area contributed by atoms with Crippen LogP contribution < -0.4 is 4.74 Å². The Morgan fingerprint density at radius 1 is 1.17 bits per heavy atom. The number of rotatable bonds is 5. The highest BCUT2D eigenvalue weighted by Gasteiger charge is 2.29. The minimum Gasteiger partial charge on any atom is -0.493 e. The summed E-state index contributed by atoms with van der Waals surface area (Å²) in [6.07, 6.45) is 10.2. The summed E-state index contributed by atoms with van der Waals surface area (Å²) < 4.78 is 22.1.